The fourth-order valence-electron chi connectivity index (χ4n) is 2.59. The van der Waals surface area contributed by atoms with Crippen LogP contribution in [0, 0.1) is 11.8 Å². The number of aromatic hydroxyl groups is 1. The fourth-order valence-corrected chi connectivity index (χ4v) is 2.59. The first-order valence-electron chi connectivity index (χ1n) is 6.86. The maximum atomic E-state index is 11.8. The molecule has 112 valence electrons. The van der Waals surface area contributed by atoms with E-state index in [4.69, 9.17) is 4.74 Å². The Bertz CT molecular complexity index is 434. The van der Waals surface area contributed by atoms with Gasteiger partial charge >= 0.3 is 5.97 Å². The molecule has 0 saturated heterocycles. The molecule has 4 heteroatoms. The van der Waals surface area contributed by atoms with Crippen LogP contribution in [0.25, 0.3) is 0 Å². The van der Waals surface area contributed by atoms with Gasteiger partial charge in [0.25, 0.3) is 0 Å². The van der Waals surface area contributed by atoms with Crippen LogP contribution in [0.1, 0.15) is 32.8 Å². The van der Waals surface area contributed by atoms with E-state index in [1.165, 1.54) is 7.11 Å². The highest BCUT2D eigenvalue weighted by atomic mass is 16.5. The number of aryl methyl sites for hydroxylation is 1. The van der Waals surface area contributed by atoms with Crippen molar-refractivity contribution in [3.8, 4) is 5.75 Å². The summed E-state index contributed by atoms with van der Waals surface area (Å²) in [5.41, 5.74) is -0.116. The number of methoxy groups -OCH3 is 1. The van der Waals surface area contributed by atoms with Crippen molar-refractivity contribution in [2.45, 2.75) is 39.2 Å². The minimum atomic E-state index is -1.13. The number of benzene rings is 1. The van der Waals surface area contributed by atoms with E-state index in [9.17, 15) is 15.0 Å². The minimum Gasteiger partial charge on any atom is -0.508 e. The molecule has 4 nitrogen and oxygen atoms in total. The quantitative estimate of drug-likeness (QED) is 0.786. The minimum absolute atomic E-state index is 0.00253. The highest BCUT2D eigenvalue weighted by molar-refractivity contribution is 5.74. The fraction of sp³-hybridized carbons (Fsp3) is 0.562. The van der Waals surface area contributed by atoms with Gasteiger partial charge in [0.15, 0.2) is 0 Å². The van der Waals surface area contributed by atoms with Crippen LogP contribution >= 0.6 is 0 Å². The van der Waals surface area contributed by atoms with Crippen molar-refractivity contribution < 1.29 is 19.7 Å². The van der Waals surface area contributed by atoms with Crippen LogP contribution in [0.15, 0.2) is 24.3 Å². The molecule has 0 amide bonds. The lowest BCUT2D eigenvalue weighted by molar-refractivity contribution is -0.158. The van der Waals surface area contributed by atoms with Gasteiger partial charge in [0.1, 0.15) is 5.75 Å². The molecule has 2 atom stereocenters. The maximum absolute atomic E-state index is 11.8. The van der Waals surface area contributed by atoms with Crippen LogP contribution in [0.4, 0.5) is 0 Å². The molecule has 0 bridgehead atoms. The Balaban J connectivity index is 2.76. The number of hydrogen-bond acceptors (Lipinski definition) is 4. The summed E-state index contributed by atoms with van der Waals surface area (Å²) < 4.78 is 4.80. The third-order valence-corrected chi connectivity index (χ3v) is 3.65. The van der Waals surface area contributed by atoms with E-state index in [0.717, 1.165) is 5.56 Å². The Hall–Kier alpha value is -1.55. The molecule has 0 aliphatic carbocycles. The Morgan fingerprint density at radius 2 is 1.85 bits per heavy atom. The Morgan fingerprint density at radius 1 is 1.30 bits per heavy atom. The topological polar surface area (TPSA) is 66.8 Å². The van der Waals surface area contributed by atoms with E-state index in [0.29, 0.717) is 12.8 Å². The van der Waals surface area contributed by atoms with Gasteiger partial charge in [-0.1, -0.05) is 26.0 Å². The average Bonchev–Trinajstić information content (AvgIpc) is 2.37. The summed E-state index contributed by atoms with van der Waals surface area (Å²) in [6.45, 7) is 5.47. The van der Waals surface area contributed by atoms with Crippen molar-refractivity contribution in [1.29, 1.82) is 0 Å². The molecule has 0 aromatic heterocycles. The van der Waals surface area contributed by atoms with Gasteiger partial charge in [0.2, 0.25) is 0 Å². The molecule has 0 aliphatic heterocycles. The van der Waals surface area contributed by atoms with Gasteiger partial charge in [0.05, 0.1) is 18.6 Å². The Morgan fingerprint density at radius 3 is 2.30 bits per heavy atom. The summed E-state index contributed by atoms with van der Waals surface area (Å²) in [5.74, 6) is -0.715. The highest BCUT2D eigenvalue weighted by Gasteiger charge is 2.39. The molecule has 0 fully saturated rings. The van der Waals surface area contributed by atoms with Gasteiger partial charge in [-0.15, -0.1) is 0 Å². The molecule has 1 rings (SSSR count). The van der Waals surface area contributed by atoms with Crippen LogP contribution < -0.4 is 0 Å². The first-order valence-corrected chi connectivity index (χ1v) is 6.86. The maximum Gasteiger partial charge on any atom is 0.311 e. The Kier molecular flexibility index (Phi) is 5.57. The predicted octanol–water partition coefficient (Wildman–Crippen LogP) is 2.52. The SMILES string of the molecule is COC(=O)C(C(C)C)C(C)(O)CCc1ccc(O)cc1. The van der Waals surface area contributed by atoms with Crippen LogP contribution in [0.5, 0.6) is 5.75 Å². The van der Waals surface area contributed by atoms with Crippen LogP contribution in [0.2, 0.25) is 0 Å². The molecule has 1 aromatic carbocycles. The molecule has 0 heterocycles. The van der Waals surface area contributed by atoms with Crippen LogP contribution in [-0.2, 0) is 16.0 Å². The van der Waals surface area contributed by atoms with Gasteiger partial charge in [-0.25, -0.2) is 0 Å². The molecule has 0 radical (unpaired) electrons. The van der Waals surface area contributed by atoms with E-state index in [1.807, 2.05) is 26.0 Å². The van der Waals surface area contributed by atoms with Gasteiger partial charge in [-0.05, 0) is 43.4 Å². The summed E-state index contributed by atoms with van der Waals surface area (Å²) in [4.78, 5) is 11.8. The third kappa shape index (κ3) is 4.23. The number of carbonyl (C=O) groups excluding carboxylic acids is 1. The van der Waals surface area contributed by atoms with E-state index < -0.39 is 11.5 Å². The zero-order chi connectivity index (χ0) is 15.3. The largest absolute Gasteiger partial charge is 0.508 e. The monoisotopic (exact) mass is 280 g/mol. The van der Waals surface area contributed by atoms with Crippen molar-refractivity contribution in [2.75, 3.05) is 7.11 Å². The number of carbonyl (C=O) groups is 1. The second kappa shape index (κ2) is 6.75. The van der Waals surface area contributed by atoms with Gasteiger partial charge in [-0.3, -0.25) is 4.79 Å². The molecule has 0 saturated carbocycles. The zero-order valence-corrected chi connectivity index (χ0v) is 12.6. The first-order chi connectivity index (χ1) is 9.27. The zero-order valence-electron chi connectivity index (χ0n) is 12.6. The van der Waals surface area contributed by atoms with E-state index in [-0.39, 0.29) is 17.6 Å². The van der Waals surface area contributed by atoms with E-state index >= 15 is 0 Å². The van der Waals surface area contributed by atoms with Gasteiger partial charge in [0, 0.05) is 0 Å². The third-order valence-electron chi connectivity index (χ3n) is 3.65. The number of phenols is 1. The summed E-state index contributed by atoms with van der Waals surface area (Å²) in [7, 11) is 1.34. The van der Waals surface area contributed by atoms with Crippen molar-refractivity contribution in [3.05, 3.63) is 29.8 Å². The number of aliphatic hydroxyl groups is 1. The lowest BCUT2D eigenvalue weighted by Gasteiger charge is -2.33. The summed E-state index contributed by atoms with van der Waals surface area (Å²) in [6, 6.07) is 6.86. The predicted molar refractivity (Wildman–Crippen MR) is 77.4 cm³/mol. The molecule has 2 N–H and O–H groups in total. The molecule has 0 aliphatic rings. The standard InChI is InChI=1S/C16H24O4/c1-11(2)14(15(18)20-4)16(3,19)10-9-12-5-7-13(17)8-6-12/h5-8,11,14,17,19H,9-10H2,1-4H3. The first kappa shape index (κ1) is 16.5. The van der Waals surface area contributed by atoms with E-state index in [2.05, 4.69) is 0 Å². The van der Waals surface area contributed by atoms with Gasteiger partial charge < -0.3 is 14.9 Å². The smallest absolute Gasteiger partial charge is 0.311 e. The van der Waals surface area contributed by atoms with Crippen LogP contribution in [-0.4, -0.2) is 28.9 Å². The van der Waals surface area contributed by atoms with Crippen molar-refractivity contribution in [2.24, 2.45) is 11.8 Å². The van der Waals surface area contributed by atoms with Gasteiger partial charge in [-0.2, -0.15) is 0 Å². The van der Waals surface area contributed by atoms with E-state index in [1.54, 1.807) is 19.1 Å². The molecule has 20 heavy (non-hydrogen) atoms. The average molecular weight is 280 g/mol. The van der Waals surface area contributed by atoms with Crippen LogP contribution in [0.3, 0.4) is 0 Å². The number of phenolic OH excluding ortho intramolecular Hbond substituents is 1. The lowest BCUT2D eigenvalue weighted by atomic mass is 9.77. The Labute approximate surface area is 120 Å². The lowest BCUT2D eigenvalue weighted by Crippen LogP contribution is -2.43. The molecular formula is C16H24O4. The summed E-state index contributed by atoms with van der Waals surface area (Å²) >= 11 is 0. The highest BCUT2D eigenvalue weighted by Crippen LogP contribution is 2.30. The normalized spacial score (nSPS) is 15.7. The number of rotatable bonds is 6. The van der Waals surface area contributed by atoms with Crippen molar-refractivity contribution in [3.63, 3.8) is 0 Å². The summed E-state index contributed by atoms with van der Waals surface area (Å²) in [5, 5.41) is 19.9. The second-order valence-electron chi connectivity index (χ2n) is 5.77. The number of hydrogen-bond donors (Lipinski definition) is 2. The molecular weight excluding hydrogens is 256 g/mol. The van der Waals surface area contributed by atoms with Crippen molar-refractivity contribution >= 4 is 5.97 Å². The number of esters is 1. The van der Waals surface area contributed by atoms with Crippen molar-refractivity contribution in [1.82, 2.24) is 0 Å². The molecule has 2 unspecified atom stereocenters. The summed E-state index contributed by atoms with van der Waals surface area (Å²) in [6.07, 6.45) is 1.09. The molecule has 1 aromatic rings. The second-order valence-corrected chi connectivity index (χ2v) is 5.77. The number of ether oxygens (including phenoxy) is 1. The molecule has 0 spiro atoms.